The van der Waals surface area contributed by atoms with Crippen molar-refractivity contribution < 1.29 is 4.39 Å². The molecule has 0 saturated heterocycles. The fourth-order valence-corrected chi connectivity index (χ4v) is 4.14. The van der Waals surface area contributed by atoms with Crippen LogP contribution in [0.2, 0.25) is 0 Å². The van der Waals surface area contributed by atoms with E-state index in [4.69, 9.17) is 5.84 Å². The van der Waals surface area contributed by atoms with Crippen molar-refractivity contribution in [2.24, 2.45) is 5.84 Å². The molecule has 1 atom stereocenters. The molecule has 0 aromatic heterocycles. The van der Waals surface area contributed by atoms with Gasteiger partial charge >= 0.3 is 0 Å². The van der Waals surface area contributed by atoms with E-state index in [-0.39, 0.29) is 11.9 Å². The van der Waals surface area contributed by atoms with E-state index in [1.165, 1.54) is 31.7 Å². The lowest BCUT2D eigenvalue weighted by Crippen LogP contribution is -2.39. The van der Waals surface area contributed by atoms with Crippen LogP contribution >= 0.6 is 27.7 Å². The molecule has 0 radical (unpaired) electrons. The summed E-state index contributed by atoms with van der Waals surface area (Å²) >= 11 is 5.24. The van der Waals surface area contributed by atoms with Gasteiger partial charge in [0.1, 0.15) is 5.82 Å². The van der Waals surface area contributed by atoms with Crippen LogP contribution in [-0.2, 0) is 6.42 Å². The third-order valence-electron chi connectivity index (χ3n) is 3.55. The molecular formula is C14H20BrFN2S. The van der Waals surface area contributed by atoms with Crippen molar-refractivity contribution in [3.63, 3.8) is 0 Å². The Morgan fingerprint density at radius 1 is 1.42 bits per heavy atom. The summed E-state index contributed by atoms with van der Waals surface area (Å²) in [5.74, 6) is 6.37. The van der Waals surface area contributed by atoms with Gasteiger partial charge in [0.05, 0.1) is 0 Å². The molecule has 1 aromatic rings. The summed E-state index contributed by atoms with van der Waals surface area (Å²) in [6.45, 7) is 0. The second-order valence-electron chi connectivity index (χ2n) is 5.04. The number of nitrogens with one attached hydrogen (secondary N) is 1. The first-order chi connectivity index (χ1) is 9.19. The van der Waals surface area contributed by atoms with E-state index in [9.17, 15) is 4.39 Å². The van der Waals surface area contributed by atoms with Crippen molar-refractivity contribution in [1.82, 2.24) is 5.43 Å². The molecule has 1 unspecified atom stereocenters. The SMILES string of the molecule is NNC(CSC1CCCC1)Cc1ccc(Br)cc1F. The van der Waals surface area contributed by atoms with E-state index >= 15 is 0 Å². The molecule has 1 aliphatic rings. The first-order valence-corrected chi connectivity index (χ1v) is 8.55. The van der Waals surface area contributed by atoms with Crippen LogP contribution in [0.1, 0.15) is 31.2 Å². The lowest BCUT2D eigenvalue weighted by Gasteiger charge is -2.18. The normalized spacial score (nSPS) is 17.8. The van der Waals surface area contributed by atoms with Gasteiger partial charge in [-0.3, -0.25) is 11.3 Å². The third kappa shape index (κ3) is 4.74. The number of hydrazine groups is 1. The van der Waals surface area contributed by atoms with E-state index in [0.717, 1.165) is 21.0 Å². The predicted molar refractivity (Wildman–Crippen MR) is 83.6 cm³/mol. The van der Waals surface area contributed by atoms with Crippen LogP contribution in [0.25, 0.3) is 0 Å². The Bertz CT molecular complexity index is 410. The van der Waals surface area contributed by atoms with Gasteiger partial charge in [0, 0.05) is 21.5 Å². The van der Waals surface area contributed by atoms with Crippen LogP contribution in [0.4, 0.5) is 4.39 Å². The van der Waals surface area contributed by atoms with Gasteiger partial charge in [-0.1, -0.05) is 34.8 Å². The van der Waals surface area contributed by atoms with Crippen molar-refractivity contribution in [2.75, 3.05) is 5.75 Å². The molecule has 0 amide bonds. The maximum absolute atomic E-state index is 13.8. The lowest BCUT2D eigenvalue weighted by molar-refractivity contribution is 0.546. The fraction of sp³-hybridized carbons (Fsp3) is 0.571. The summed E-state index contributed by atoms with van der Waals surface area (Å²) in [6, 6.07) is 5.33. The molecule has 19 heavy (non-hydrogen) atoms. The zero-order valence-electron chi connectivity index (χ0n) is 10.9. The van der Waals surface area contributed by atoms with Crippen molar-refractivity contribution in [3.8, 4) is 0 Å². The second kappa shape index (κ2) is 7.62. The van der Waals surface area contributed by atoms with Crippen LogP contribution in [-0.4, -0.2) is 17.0 Å². The molecule has 1 aromatic carbocycles. The average Bonchev–Trinajstić information content (AvgIpc) is 2.90. The van der Waals surface area contributed by atoms with Gasteiger partial charge < -0.3 is 0 Å². The minimum absolute atomic E-state index is 0.126. The van der Waals surface area contributed by atoms with Gasteiger partial charge in [-0.2, -0.15) is 11.8 Å². The van der Waals surface area contributed by atoms with E-state index in [2.05, 4.69) is 21.4 Å². The molecule has 106 valence electrons. The molecule has 0 spiro atoms. The Balaban J connectivity index is 1.86. The van der Waals surface area contributed by atoms with Gasteiger partial charge in [-0.25, -0.2) is 4.39 Å². The molecule has 3 N–H and O–H groups in total. The highest BCUT2D eigenvalue weighted by Gasteiger charge is 2.18. The van der Waals surface area contributed by atoms with Gasteiger partial charge in [0.2, 0.25) is 0 Å². The van der Waals surface area contributed by atoms with Crippen LogP contribution in [0.15, 0.2) is 22.7 Å². The Morgan fingerprint density at radius 2 is 2.16 bits per heavy atom. The van der Waals surface area contributed by atoms with Crippen molar-refractivity contribution in [3.05, 3.63) is 34.1 Å². The number of hydrogen-bond donors (Lipinski definition) is 2. The smallest absolute Gasteiger partial charge is 0.127 e. The van der Waals surface area contributed by atoms with Crippen molar-refractivity contribution in [1.29, 1.82) is 0 Å². The quantitative estimate of drug-likeness (QED) is 0.610. The minimum Gasteiger partial charge on any atom is -0.271 e. The van der Waals surface area contributed by atoms with Gasteiger partial charge in [0.15, 0.2) is 0 Å². The Hall–Kier alpha value is -0.100. The van der Waals surface area contributed by atoms with Crippen molar-refractivity contribution in [2.45, 2.75) is 43.4 Å². The van der Waals surface area contributed by atoms with Crippen LogP contribution < -0.4 is 11.3 Å². The molecular weight excluding hydrogens is 327 g/mol. The standard InChI is InChI=1S/C14H20BrFN2S/c15-11-6-5-10(14(16)8-11)7-12(18-17)9-19-13-3-1-2-4-13/h5-6,8,12-13,18H,1-4,7,9,17H2. The molecule has 1 aliphatic carbocycles. The number of rotatable bonds is 6. The summed E-state index contributed by atoms with van der Waals surface area (Å²) in [5, 5.41) is 0.769. The highest BCUT2D eigenvalue weighted by molar-refractivity contribution is 9.10. The molecule has 0 heterocycles. The van der Waals surface area contributed by atoms with E-state index in [0.29, 0.717) is 6.42 Å². The van der Waals surface area contributed by atoms with E-state index < -0.39 is 0 Å². The molecule has 2 rings (SSSR count). The lowest BCUT2D eigenvalue weighted by atomic mass is 10.1. The first-order valence-electron chi connectivity index (χ1n) is 6.70. The van der Waals surface area contributed by atoms with Crippen LogP contribution in [0.5, 0.6) is 0 Å². The number of nitrogens with two attached hydrogens (primary N) is 1. The monoisotopic (exact) mass is 346 g/mol. The molecule has 1 saturated carbocycles. The maximum Gasteiger partial charge on any atom is 0.127 e. The van der Waals surface area contributed by atoms with E-state index in [1.54, 1.807) is 0 Å². The van der Waals surface area contributed by atoms with Crippen LogP contribution in [0, 0.1) is 5.82 Å². The summed E-state index contributed by atoms with van der Waals surface area (Å²) < 4.78 is 14.6. The minimum atomic E-state index is -0.166. The number of hydrogen-bond acceptors (Lipinski definition) is 3. The summed E-state index contributed by atoms with van der Waals surface area (Å²) in [5.41, 5.74) is 3.54. The van der Waals surface area contributed by atoms with Crippen molar-refractivity contribution >= 4 is 27.7 Å². The highest BCUT2D eigenvalue weighted by Crippen LogP contribution is 2.30. The predicted octanol–water partition coefficient (Wildman–Crippen LogP) is 3.64. The first kappa shape index (κ1) is 15.3. The summed E-state index contributed by atoms with van der Waals surface area (Å²) in [6.07, 6.45) is 5.96. The molecule has 0 bridgehead atoms. The zero-order valence-corrected chi connectivity index (χ0v) is 13.3. The zero-order chi connectivity index (χ0) is 13.7. The topological polar surface area (TPSA) is 38.0 Å². The third-order valence-corrected chi connectivity index (χ3v) is 5.58. The summed E-state index contributed by atoms with van der Waals surface area (Å²) in [4.78, 5) is 0. The second-order valence-corrected chi connectivity index (χ2v) is 7.29. The molecule has 1 fully saturated rings. The largest absolute Gasteiger partial charge is 0.271 e. The molecule has 2 nitrogen and oxygen atoms in total. The van der Waals surface area contributed by atoms with E-state index in [1.807, 2.05) is 23.9 Å². The number of halogens is 2. The highest BCUT2D eigenvalue weighted by atomic mass is 79.9. The maximum atomic E-state index is 13.8. The Kier molecular flexibility index (Phi) is 6.13. The van der Waals surface area contributed by atoms with Gasteiger partial charge in [-0.15, -0.1) is 0 Å². The van der Waals surface area contributed by atoms with Gasteiger partial charge in [0.25, 0.3) is 0 Å². The molecule has 0 aliphatic heterocycles. The fourth-order valence-electron chi connectivity index (χ4n) is 2.43. The van der Waals surface area contributed by atoms with Gasteiger partial charge in [-0.05, 0) is 37.0 Å². The Morgan fingerprint density at radius 3 is 2.79 bits per heavy atom. The van der Waals surface area contributed by atoms with Crippen LogP contribution in [0.3, 0.4) is 0 Å². The Labute approximate surface area is 126 Å². The number of thioether (sulfide) groups is 1. The summed E-state index contributed by atoms with van der Waals surface area (Å²) in [7, 11) is 0. The average molecular weight is 347 g/mol. The molecule has 5 heteroatoms. The number of benzene rings is 1.